The van der Waals surface area contributed by atoms with Crippen LogP contribution in [0, 0.1) is 0 Å². The molecule has 29 heavy (non-hydrogen) atoms. The van der Waals surface area contributed by atoms with Gasteiger partial charge in [-0.25, -0.2) is 0 Å². The third-order valence-corrected chi connectivity index (χ3v) is 4.67. The van der Waals surface area contributed by atoms with Gasteiger partial charge in [-0.1, -0.05) is 31.2 Å². The third-order valence-electron chi connectivity index (χ3n) is 4.67. The molecule has 0 fully saturated rings. The molecule has 0 saturated carbocycles. The second-order valence-corrected chi connectivity index (χ2v) is 6.85. The van der Waals surface area contributed by atoms with Gasteiger partial charge in [0, 0.05) is 24.7 Å². The van der Waals surface area contributed by atoms with E-state index in [4.69, 9.17) is 10.5 Å². The van der Waals surface area contributed by atoms with E-state index >= 15 is 0 Å². The van der Waals surface area contributed by atoms with Gasteiger partial charge in [0.05, 0.1) is 0 Å². The number of primary amides is 1. The van der Waals surface area contributed by atoms with E-state index in [1.165, 1.54) is 5.56 Å². The van der Waals surface area contributed by atoms with Crippen molar-refractivity contribution in [1.82, 2.24) is 4.90 Å². The fourth-order valence-electron chi connectivity index (χ4n) is 2.94. The van der Waals surface area contributed by atoms with Crippen LogP contribution in [0.15, 0.2) is 72.8 Å². The lowest BCUT2D eigenvalue weighted by Gasteiger charge is -2.18. The number of amides is 2. The van der Waals surface area contributed by atoms with Gasteiger partial charge in [0.2, 0.25) is 5.91 Å². The van der Waals surface area contributed by atoms with Crippen molar-refractivity contribution in [3.05, 3.63) is 95.1 Å². The Bertz CT molecular complexity index is 978. The molecule has 5 nitrogen and oxygen atoms in total. The highest BCUT2D eigenvalue weighted by Gasteiger charge is 2.12. The average Bonchev–Trinajstić information content (AvgIpc) is 2.74. The van der Waals surface area contributed by atoms with Gasteiger partial charge in [-0.3, -0.25) is 9.59 Å². The number of ether oxygens (including phenoxy) is 1. The summed E-state index contributed by atoms with van der Waals surface area (Å²) in [5, 5.41) is 0. The summed E-state index contributed by atoms with van der Waals surface area (Å²) in [6.45, 7) is 2.67. The average molecular weight is 388 g/mol. The Morgan fingerprint density at radius 3 is 1.76 bits per heavy atom. The van der Waals surface area contributed by atoms with E-state index < -0.39 is 5.91 Å². The Kier molecular flexibility index (Phi) is 6.29. The van der Waals surface area contributed by atoms with E-state index in [1.807, 2.05) is 0 Å². The molecule has 5 heteroatoms. The number of nitrogens with zero attached hydrogens (tertiary/aromatic N) is 1. The number of hydrogen-bond donors (Lipinski definition) is 1. The van der Waals surface area contributed by atoms with Crippen LogP contribution in [0.25, 0.3) is 0 Å². The maximum atomic E-state index is 12.7. The van der Waals surface area contributed by atoms with Gasteiger partial charge in [-0.05, 0) is 66.1 Å². The number of rotatable bonds is 7. The van der Waals surface area contributed by atoms with E-state index in [-0.39, 0.29) is 5.91 Å². The van der Waals surface area contributed by atoms with Crippen LogP contribution in [0.2, 0.25) is 0 Å². The van der Waals surface area contributed by atoms with Crippen molar-refractivity contribution in [3.8, 4) is 11.5 Å². The molecule has 3 rings (SSSR count). The molecule has 0 saturated heterocycles. The zero-order chi connectivity index (χ0) is 20.8. The van der Waals surface area contributed by atoms with Crippen molar-refractivity contribution in [3.63, 3.8) is 0 Å². The predicted octanol–water partition coefficient (Wildman–Crippen LogP) is 4.41. The van der Waals surface area contributed by atoms with Crippen LogP contribution >= 0.6 is 0 Å². The van der Waals surface area contributed by atoms with Crippen LogP contribution < -0.4 is 10.5 Å². The van der Waals surface area contributed by atoms with Crippen LogP contribution in [0.1, 0.15) is 38.8 Å². The van der Waals surface area contributed by atoms with E-state index in [0.29, 0.717) is 29.2 Å². The Morgan fingerprint density at radius 1 is 0.793 bits per heavy atom. The molecular weight excluding hydrogens is 364 g/mol. The molecule has 0 spiro atoms. The third kappa shape index (κ3) is 5.23. The standard InChI is InChI=1S/C24H24N2O3/c1-3-17-4-6-18(7-5-17)16-26(2)24(28)20-10-14-22(15-11-20)29-21-12-8-19(9-13-21)23(25)27/h4-15H,3,16H2,1-2H3,(H2,25,27). The molecule has 0 aromatic heterocycles. The van der Waals surface area contributed by atoms with E-state index in [9.17, 15) is 9.59 Å². The smallest absolute Gasteiger partial charge is 0.253 e. The first kappa shape index (κ1) is 20.1. The first-order valence-electron chi connectivity index (χ1n) is 9.47. The van der Waals surface area contributed by atoms with Gasteiger partial charge in [0.25, 0.3) is 5.91 Å². The Hall–Kier alpha value is -3.60. The molecule has 2 amide bonds. The van der Waals surface area contributed by atoms with Crippen LogP contribution in [0.4, 0.5) is 0 Å². The molecule has 0 aliphatic carbocycles. The Balaban J connectivity index is 1.62. The van der Waals surface area contributed by atoms with Crippen LogP contribution in [0.5, 0.6) is 11.5 Å². The van der Waals surface area contributed by atoms with Crippen molar-refractivity contribution in [1.29, 1.82) is 0 Å². The van der Waals surface area contributed by atoms with Crippen molar-refractivity contribution >= 4 is 11.8 Å². The summed E-state index contributed by atoms with van der Waals surface area (Å²) < 4.78 is 5.75. The predicted molar refractivity (Wildman–Crippen MR) is 113 cm³/mol. The van der Waals surface area contributed by atoms with Gasteiger partial charge in [0.1, 0.15) is 11.5 Å². The maximum absolute atomic E-state index is 12.7. The zero-order valence-electron chi connectivity index (χ0n) is 16.6. The van der Waals surface area contributed by atoms with Crippen molar-refractivity contribution in [2.45, 2.75) is 19.9 Å². The summed E-state index contributed by atoms with van der Waals surface area (Å²) in [6.07, 6.45) is 0.999. The molecule has 0 heterocycles. The highest BCUT2D eigenvalue weighted by molar-refractivity contribution is 5.94. The number of hydrogen-bond acceptors (Lipinski definition) is 3. The molecule has 0 unspecified atom stereocenters. The Labute approximate surface area is 170 Å². The normalized spacial score (nSPS) is 10.4. The topological polar surface area (TPSA) is 72.6 Å². The molecule has 0 aliphatic heterocycles. The van der Waals surface area contributed by atoms with Gasteiger partial charge in [0.15, 0.2) is 0 Å². The van der Waals surface area contributed by atoms with Crippen molar-refractivity contribution in [2.24, 2.45) is 5.73 Å². The fraction of sp³-hybridized carbons (Fsp3) is 0.167. The zero-order valence-corrected chi connectivity index (χ0v) is 16.6. The molecular formula is C24H24N2O3. The maximum Gasteiger partial charge on any atom is 0.253 e. The van der Waals surface area contributed by atoms with Crippen molar-refractivity contribution < 1.29 is 14.3 Å². The van der Waals surface area contributed by atoms with Gasteiger partial charge < -0.3 is 15.4 Å². The van der Waals surface area contributed by atoms with Crippen LogP contribution in [-0.2, 0) is 13.0 Å². The Morgan fingerprint density at radius 2 is 1.28 bits per heavy atom. The summed E-state index contributed by atoms with van der Waals surface area (Å²) in [6, 6.07) is 21.9. The monoisotopic (exact) mass is 388 g/mol. The molecule has 3 aromatic carbocycles. The molecule has 0 bridgehead atoms. The highest BCUT2D eigenvalue weighted by atomic mass is 16.5. The second kappa shape index (κ2) is 9.06. The lowest BCUT2D eigenvalue weighted by Crippen LogP contribution is -2.26. The largest absolute Gasteiger partial charge is 0.457 e. The summed E-state index contributed by atoms with van der Waals surface area (Å²) in [7, 11) is 1.79. The minimum absolute atomic E-state index is 0.0538. The van der Waals surface area contributed by atoms with E-state index in [1.54, 1.807) is 60.5 Å². The summed E-state index contributed by atoms with van der Waals surface area (Å²) in [5.41, 5.74) is 8.62. The number of carbonyl (C=O) groups excluding carboxylic acids is 2. The van der Waals surface area contributed by atoms with Gasteiger partial charge >= 0.3 is 0 Å². The number of carbonyl (C=O) groups is 2. The quantitative estimate of drug-likeness (QED) is 0.651. The molecule has 3 aromatic rings. The second-order valence-electron chi connectivity index (χ2n) is 6.85. The number of nitrogens with two attached hydrogens (primary N) is 1. The minimum Gasteiger partial charge on any atom is -0.457 e. The molecule has 0 radical (unpaired) electrons. The molecule has 148 valence electrons. The molecule has 0 atom stereocenters. The first-order valence-corrected chi connectivity index (χ1v) is 9.47. The van der Waals surface area contributed by atoms with E-state index in [2.05, 4.69) is 31.2 Å². The lowest BCUT2D eigenvalue weighted by molar-refractivity contribution is 0.0785. The van der Waals surface area contributed by atoms with Crippen LogP contribution in [-0.4, -0.2) is 23.8 Å². The van der Waals surface area contributed by atoms with Gasteiger partial charge in [-0.15, -0.1) is 0 Å². The minimum atomic E-state index is -0.482. The summed E-state index contributed by atoms with van der Waals surface area (Å²) in [4.78, 5) is 25.5. The number of aryl methyl sites for hydroxylation is 1. The van der Waals surface area contributed by atoms with Gasteiger partial charge in [-0.2, -0.15) is 0 Å². The highest BCUT2D eigenvalue weighted by Crippen LogP contribution is 2.22. The summed E-state index contributed by atoms with van der Waals surface area (Å²) in [5.74, 6) is 0.652. The fourth-order valence-corrected chi connectivity index (χ4v) is 2.94. The number of benzene rings is 3. The molecule has 0 aliphatic rings. The lowest BCUT2D eigenvalue weighted by atomic mass is 10.1. The van der Waals surface area contributed by atoms with E-state index in [0.717, 1.165) is 12.0 Å². The summed E-state index contributed by atoms with van der Waals surface area (Å²) >= 11 is 0. The van der Waals surface area contributed by atoms with Crippen molar-refractivity contribution in [2.75, 3.05) is 7.05 Å². The van der Waals surface area contributed by atoms with Crippen LogP contribution in [0.3, 0.4) is 0 Å². The molecule has 2 N–H and O–H groups in total. The first-order chi connectivity index (χ1) is 14.0. The SMILES string of the molecule is CCc1ccc(CN(C)C(=O)c2ccc(Oc3ccc(C(N)=O)cc3)cc2)cc1.